The van der Waals surface area contributed by atoms with Crippen molar-refractivity contribution in [3.8, 4) is 11.5 Å². The predicted molar refractivity (Wildman–Crippen MR) is 91.3 cm³/mol. The molecule has 3 nitrogen and oxygen atoms in total. The fourth-order valence-corrected chi connectivity index (χ4v) is 3.23. The Morgan fingerprint density at radius 3 is 1.41 bits per heavy atom. The monoisotopic (exact) mass is 358 g/mol. The minimum absolute atomic E-state index is 0.383. The van der Waals surface area contributed by atoms with Gasteiger partial charge in [0.05, 0.1) is 0 Å². The standard InChI is InChI=1S/C16H17Cl2O3P/c1-12-4-8-14(9-5-12)20-22(19,16(3,17)18)21-15-10-6-13(2)7-11-15/h4-11H,1-3H3. The molecule has 0 aliphatic heterocycles. The van der Waals surface area contributed by atoms with Crippen molar-refractivity contribution in [1.29, 1.82) is 0 Å². The fourth-order valence-electron chi connectivity index (χ4n) is 1.65. The van der Waals surface area contributed by atoms with Gasteiger partial charge in [-0.3, -0.25) is 0 Å². The van der Waals surface area contributed by atoms with Crippen molar-refractivity contribution in [3.05, 3.63) is 59.7 Å². The number of hydrogen-bond donors (Lipinski definition) is 0. The van der Waals surface area contributed by atoms with Gasteiger partial charge in [-0.25, -0.2) is 4.57 Å². The van der Waals surface area contributed by atoms with Gasteiger partial charge in [0.1, 0.15) is 11.5 Å². The third-order valence-corrected chi connectivity index (χ3v) is 6.08. The van der Waals surface area contributed by atoms with E-state index in [4.69, 9.17) is 32.2 Å². The van der Waals surface area contributed by atoms with Crippen molar-refractivity contribution in [2.45, 2.75) is 24.8 Å². The summed E-state index contributed by atoms with van der Waals surface area (Å²) < 4.78 is 22.4. The maximum atomic E-state index is 13.0. The predicted octanol–water partition coefficient (Wildman–Crippen LogP) is 6.11. The molecule has 118 valence electrons. The molecule has 0 radical (unpaired) electrons. The molecule has 0 spiro atoms. The summed E-state index contributed by atoms with van der Waals surface area (Å²) in [6.45, 7) is 5.28. The Morgan fingerprint density at radius 2 is 1.14 bits per heavy atom. The van der Waals surface area contributed by atoms with E-state index in [1.54, 1.807) is 24.3 Å². The van der Waals surface area contributed by atoms with Crippen molar-refractivity contribution in [2.24, 2.45) is 0 Å². The minimum Gasteiger partial charge on any atom is -0.414 e. The summed E-state index contributed by atoms with van der Waals surface area (Å²) in [5.74, 6) is 0.766. The second-order valence-electron chi connectivity index (χ2n) is 5.15. The highest BCUT2D eigenvalue weighted by molar-refractivity contribution is 7.60. The highest BCUT2D eigenvalue weighted by atomic mass is 35.5. The molecule has 0 bridgehead atoms. The summed E-state index contributed by atoms with van der Waals surface area (Å²) in [4.78, 5) is 0. The summed E-state index contributed by atoms with van der Waals surface area (Å²) in [5, 5.41) is 0. The van der Waals surface area contributed by atoms with E-state index >= 15 is 0 Å². The van der Waals surface area contributed by atoms with E-state index in [2.05, 4.69) is 0 Å². The van der Waals surface area contributed by atoms with Crippen LogP contribution in [0.1, 0.15) is 18.1 Å². The van der Waals surface area contributed by atoms with Gasteiger partial charge in [0.2, 0.25) is 4.07 Å². The Kier molecular flexibility index (Phi) is 5.11. The number of benzene rings is 2. The Bertz CT molecular complexity index is 625. The van der Waals surface area contributed by atoms with Crippen molar-refractivity contribution in [1.82, 2.24) is 0 Å². The molecule has 0 N–H and O–H groups in total. The van der Waals surface area contributed by atoms with Crippen LogP contribution in [0.3, 0.4) is 0 Å². The molecule has 6 heteroatoms. The Labute approximate surface area is 140 Å². The Morgan fingerprint density at radius 1 is 0.818 bits per heavy atom. The van der Waals surface area contributed by atoms with Gasteiger partial charge in [0.25, 0.3) is 0 Å². The first-order chi connectivity index (χ1) is 10.2. The van der Waals surface area contributed by atoms with Crippen LogP contribution in [0.5, 0.6) is 11.5 Å². The average molecular weight is 359 g/mol. The molecule has 0 fully saturated rings. The average Bonchev–Trinajstić information content (AvgIpc) is 2.43. The number of halogens is 2. The van der Waals surface area contributed by atoms with Crippen LogP contribution in [0, 0.1) is 13.8 Å². The van der Waals surface area contributed by atoms with Crippen LogP contribution in [0.2, 0.25) is 0 Å². The second-order valence-corrected chi connectivity index (χ2v) is 9.64. The van der Waals surface area contributed by atoms with Crippen LogP contribution >= 0.6 is 30.8 Å². The van der Waals surface area contributed by atoms with Gasteiger partial charge in [0, 0.05) is 0 Å². The quantitative estimate of drug-likeness (QED) is 0.478. The molecule has 0 saturated heterocycles. The molecule has 0 aliphatic carbocycles. The van der Waals surface area contributed by atoms with E-state index in [9.17, 15) is 4.57 Å². The van der Waals surface area contributed by atoms with E-state index in [-0.39, 0.29) is 0 Å². The SMILES string of the molecule is Cc1ccc(OP(=O)(Oc2ccc(C)cc2)C(C)(Cl)Cl)cc1. The Balaban J connectivity index is 2.30. The van der Waals surface area contributed by atoms with Crippen molar-refractivity contribution in [2.75, 3.05) is 0 Å². The van der Waals surface area contributed by atoms with Crippen molar-refractivity contribution >= 4 is 30.8 Å². The number of aryl methyl sites for hydroxylation is 2. The molecule has 2 aromatic carbocycles. The summed E-state index contributed by atoms with van der Waals surface area (Å²) in [6, 6.07) is 14.1. The normalized spacial score (nSPS) is 12.0. The third kappa shape index (κ3) is 4.19. The van der Waals surface area contributed by atoms with Crippen LogP contribution in [-0.4, -0.2) is 4.07 Å². The number of rotatable bonds is 5. The summed E-state index contributed by atoms with van der Waals surface area (Å²) in [5.41, 5.74) is 2.11. The van der Waals surface area contributed by atoms with Crippen molar-refractivity contribution in [3.63, 3.8) is 0 Å². The van der Waals surface area contributed by atoms with Gasteiger partial charge in [-0.1, -0.05) is 58.6 Å². The van der Waals surface area contributed by atoms with Crippen LogP contribution in [0.4, 0.5) is 0 Å². The van der Waals surface area contributed by atoms with Crippen LogP contribution in [0.15, 0.2) is 48.5 Å². The maximum Gasteiger partial charge on any atom is 0.466 e. The smallest absolute Gasteiger partial charge is 0.414 e. The lowest BCUT2D eigenvalue weighted by Gasteiger charge is -2.26. The number of hydrogen-bond acceptors (Lipinski definition) is 3. The third-order valence-electron chi connectivity index (χ3n) is 2.97. The summed E-state index contributed by atoms with van der Waals surface area (Å²) in [6.07, 6.45) is 0. The minimum atomic E-state index is -3.85. The van der Waals surface area contributed by atoms with E-state index in [0.29, 0.717) is 11.5 Å². The molecule has 22 heavy (non-hydrogen) atoms. The molecule has 0 heterocycles. The Hall–Kier alpha value is -1.15. The lowest BCUT2D eigenvalue weighted by molar-refractivity contribution is 0.379. The lowest BCUT2D eigenvalue weighted by atomic mass is 10.2. The molecule has 0 atom stereocenters. The first kappa shape index (κ1) is 17.2. The van der Waals surface area contributed by atoms with Gasteiger partial charge in [-0.2, -0.15) is 0 Å². The van der Waals surface area contributed by atoms with Crippen LogP contribution in [0.25, 0.3) is 0 Å². The van der Waals surface area contributed by atoms with Gasteiger partial charge in [-0.05, 0) is 45.0 Å². The first-order valence-electron chi connectivity index (χ1n) is 6.70. The van der Waals surface area contributed by atoms with Crippen LogP contribution in [-0.2, 0) is 4.57 Å². The highest BCUT2D eigenvalue weighted by Crippen LogP contribution is 2.63. The largest absolute Gasteiger partial charge is 0.466 e. The molecular formula is C16H17Cl2O3P. The molecule has 2 rings (SSSR count). The van der Waals surface area contributed by atoms with Crippen molar-refractivity contribution < 1.29 is 13.6 Å². The zero-order chi connectivity index (χ0) is 16.4. The van der Waals surface area contributed by atoms with E-state index < -0.39 is 11.7 Å². The zero-order valence-electron chi connectivity index (χ0n) is 12.5. The summed E-state index contributed by atoms with van der Waals surface area (Å²) in [7, 11) is -3.85. The fraction of sp³-hybridized carbons (Fsp3) is 0.250. The van der Waals surface area contributed by atoms with E-state index in [0.717, 1.165) is 11.1 Å². The molecular weight excluding hydrogens is 342 g/mol. The molecule has 2 aromatic rings. The summed E-state index contributed by atoms with van der Waals surface area (Å²) >= 11 is 12.1. The maximum absolute atomic E-state index is 13.0. The zero-order valence-corrected chi connectivity index (χ0v) is 15.0. The van der Waals surface area contributed by atoms with E-state index in [1.165, 1.54) is 6.92 Å². The lowest BCUT2D eigenvalue weighted by Crippen LogP contribution is -2.17. The van der Waals surface area contributed by atoms with Gasteiger partial charge in [0.15, 0.2) is 0 Å². The first-order valence-corrected chi connectivity index (χ1v) is 9.00. The van der Waals surface area contributed by atoms with Gasteiger partial charge in [-0.15, -0.1) is 0 Å². The molecule has 0 unspecified atom stereocenters. The topological polar surface area (TPSA) is 35.5 Å². The van der Waals surface area contributed by atoms with E-state index in [1.807, 2.05) is 38.1 Å². The van der Waals surface area contributed by atoms with Gasteiger partial charge < -0.3 is 9.05 Å². The highest BCUT2D eigenvalue weighted by Gasteiger charge is 2.48. The second kappa shape index (κ2) is 6.54. The van der Waals surface area contributed by atoms with Gasteiger partial charge >= 0.3 is 7.60 Å². The molecule has 0 amide bonds. The molecule has 0 aromatic heterocycles. The van der Waals surface area contributed by atoms with Crippen LogP contribution < -0.4 is 9.05 Å². The molecule has 0 saturated carbocycles. The number of alkyl halides is 2. The molecule has 0 aliphatic rings.